The summed E-state index contributed by atoms with van der Waals surface area (Å²) in [5.41, 5.74) is 5.22. The maximum Gasteiger partial charge on any atom is 0.331 e. The normalized spacial score (nSPS) is 19.3. The number of nitrogens with zero attached hydrogens (tertiary/aromatic N) is 4. The van der Waals surface area contributed by atoms with Gasteiger partial charge in [0.2, 0.25) is 0 Å². The highest BCUT2D eigenvalue weighted by atomic mass is 35.5. The zero-order valence-corrected chi connectivity index (χ0v) is 22.7. The van der Waals surface area contributed by atoms with Crippen LogP contribution in [0.5, 0.6) is 0 Å². The Morgan fingerprint density at radius 3 is 2.82 bits per heavy atom. The van der Waals surface area contributed by atoms with Crippen molar-refractivity contribution in [1.82, 2.24) is 19.4 Å². The molecule has 4 aromatic rings. The van der Waals surface area contributed by atoms with Crippen LogP contribution in [0.15, 0.2) is 52.3 Å². The molecule has 9 heteroatoms. The third-order valence-electron chi connectivity index (χ3n) is 8.12. The summed E-state index contributed by atoms with van der Waals surface area (Å²) in [6, 6.07) is 10.3. The van der Waals surface area contributed by atoms with Gasteiger partial charge in [-0.25, -0.2) is 4.79 Å². The van der Waals surface area contributed by atoms with Gasteiger partial charge in [0.15, 0.2) is 0 Å². The first-order valence-corrected chi connectivity index (χ1v) is 14.7. The lowest BCUT2D eigenvalue weighted by Gasteiger charge is -2.38. The van der Waals surface area contributed by atoms with Crippen LogP contribution in [0.2, 0.25) is 5.02 Å². The molecule has 0 spiro atoms. The van der Waals surface area contributed by atoms with Gasteiger partial charge in [0, 0.05) is 70.9 Å². The smallest absolute Gasteiger partial charge is 0.331 e. The van der Waals surface area contributed by atoms with Crippen molar-refractivity contribution in [2.75, 3.05) is 24.5 Å². The van der Waals surface area contributed by atoms with Gasteiger partial charge < -0.3 is 14.8 Å². The zero-order chi connectivity index (χ0) is 25.8. The second kappa shape index (κ2) is 9.67. The minimum absolute atomic E-state index is 0.236. The number of benzene rings is 1. The summed E-state index contributed by atoms with van der Waals surface area (Å²) in [5.74, 6) is 0.554. The quantitative estimate of drug-likeness (QED) is 0.384. The Hall–Kier alpha value is -2.94. The third-order valence-corrected chi connectivity index (χ3v) is 9.48. The Bertz CT molecular complexity index is 1650. The lowest BCUT2D eigenvalue weighted by Crippen LogP contribution is -2.40. The molecule has 1 aliphatic carbocycles. The van der Waals surface area contributed by atoms with E-state index in [2.05, 4.69) is 33.4 Å². The van der Waals surface area contributed by atoms with E-state index in [0.717, 1.165) is 83.0 Å². The van der Waals surface area contributed by atoms with Gasteiger partial charge in [0.25, 0.3) is 5.56 Å². The molecule has 3 aliphatic rings. The van der Waals surface area contributed by atoms with E-state index in [1.807, 2.05) is 12.3 Å². The summed E-state index contributed by atoms with van der Waals surface area (Å²) in [4.78, 5) is 34.0. The molecule has 0 unspecified atom stereocenters. The van der Waals surface area contributed by atoms with Crippen LogP contribution in [-0.4, -0.2) is 39.8 Å². The first-order chi connectivity index (χ1) is 18.5. The average molecular weight is 548 g/mol. The van der Waals surface area contributed by atoms with Crippen molar-refractivity contribution < 1.29 is 0 Å². The fourth-order valence-electron chi connectivity index (χ4n) is 6.07. The number of hydrogen-bond donors (Lipinski definition) is 1. The summed E-state index contributed by atoms with van der Waals surface area (Å²) in [7, 11) is 0. The molecule has 38 heavy (non-hydrogen) atoms. The second-order valence-electron chi connectivity index (χ2n) is 10.8. The fourth-order valence-corrected chi connectivity index (χ4v) is 7.44. The predicted octanol–water partition coefficient (Wildman–Crippen LogP) is 4.51. The van der Waals surface area contributed by atoms with Gasteiger partial charge in [-0.1, -0.05) is 11.6 Å². The molecule has 1 atom stereocenters. The van der Waals surface area contributed by atoms with Crippen molar-refractivity contribution in [3.05, 3.63) is 79.0 Å². The molecule has 0 radical (unpaired) electrons. The lowest BCUT2D eigenvalue weighted by molar-refractivity contribution is 0.546. The molecule has 7 rings (SSSR count). The number of aromatic nitrogens is 3. The van der Waals surface area contributed by atoms with Gasteiger partial charge in [-0.05, 0) is 74.4 Å². The van der Waals surface area contributed by atoms with Crippen molar-refractivity contribution in [2.24, 2.45) is 5.92 Å². The Morgan fingerprint density at radius 2 is 2.00 bits per heavy atom. The minimum Gasteiger partial charge on any atom is -0.366 e. The zero-order valence-electron chi connectivity index (χ0n) is 21.2. The highest BCUT2D eigenvalue weighted by Gasteiger charge is 2.30. The maximum atomic E-state index is 13.1. The number of hydrogen-bond acceptors (Lipinski definition) is 6. The molecular formula is C29H30ClN5O2S. The van der Waals surface area contributed by atoms with Crippen LogP contribution in [0.3, 0.4) is 0 Å². The Balaban J connectivity index is 1.31. The maximum absolute atomic E-state index is 13.1. The van der Waals surface area contributed by atoms with Gasteiger partial charge in [0.1, 0.15) is 0 Å². The molecular weight excluding hydrogens is 518 g/mol. The molecule has 2 aliphatic heterocycles. The van der Waals surface area contributed by atoms with E-state index in [0.29, 0.717) is 18.5 Å². The topological polar surface area (TPSA) is 72.2 Å². The summed E-state index contributed by atoms with van der Waals surface area (Å²) < 4.78 is 4.09. The van der Waals surface area contributed by atoms with Crippen molar-refractivity contribution in [3.63, 3.8) is 0 Å². The van der Waals surface area contributed by atoms with Crippen LogP contribution in [0.25, 0.3) is 21.3 Å². The van der Waals surface area contributed by atoms with E-state index in [1.165, 1.54) is 21.9 Å². The van der Waals surface area contributed by atoms with Gasteiger partial charge >= 0.3 is 5.69 Å². The molecule has 1 aromatic carbocycles. The fraction of sp³-hybridized carbons (Fsp3) is 0.414. The van der Waals surface area contributed by atoms with E-state index < -0.39 is 0 Å². The number of anilines is 1. The molecule has 1 N–H and O–H groups in total. The van der Waals surface area contributed by atoms with Crippen LogP contribution >= 0.6 is 22.9 Å². The molecule has 7 nitrogen and oxygen atoms in total. The number of halogens is 1. The minimum atomic E-state index is -0.266. The molecule has 5 heterocycles. The van der Waals surface area contributed by atoms with Gasteiger partial charge in [0.05, 0.1) is 16.8 Å². The SMILES string of the molecule is O=c1ccn(CC2CC2)c(=O)n1Cc1cc2nccc(-c3cc(Cl)cc4c3N([C@H]3CCNC3)CCC4)c2s1. The Kier molecular flexibility index (Phi) is 6.14. The number of fused-ring (bicyclic) bond motifs is 2. The molecule has 1 saturated heterocycles. The third kappa shape index (κ3) is 4.38. The summed E-state index contributed by atoms with van der Waals surface area (Å²) in [6.45, 7) is 4.03. The number of nitrogens with one attached hydrogen (secondary N) is 1. The van der Waals surface area contributed by atoms with Crippen LogP contribution in [0, 0.1) is 5.92 Å². The number of pyridine rings is 1. The van der Waals surface area contributed by atoms with E-state index in [-0.39, 0.29) is 17.8 Å². The first-order valence-electron chi connectivity index (χ1n) is 13.5. The Morgan fingerprint density at radius 1 is 1.11 bits per heavy atom. The second-order valence-corrected chi connectivity index (χ2v) is 12.4. The van der Waals surface area contributed by atoms with E-state index >= 15 is 0 Å². The highest BCUT2D eigenvalue weighted by Crippen LogP contribution is 2.44. The van der Waals surface area contributed by atoms with Gasteiger partial charge in [-0.2, -0.15) is 0 Å². The monoisotopic (exact) mass is 547 g/mol. The van der Waals surface area contributed by atoms with E-state index in [1.54, 1.807) is 22.1 Å². The molecule has 196 valence electrons. The van der Waals surface area contributed by atoms with Crippen LogP contribution in [0.1, 0.15) is 36.1 Å². The molecule has 0 amide bonds. The Labute approximate surface area is 229 Å². The molecule has 3 aromatic heterocycles. The van der Waals surface area contributed by atoms with Crippen LogP contribution in [-0.2, 0) is 19.5 Å². The van der Waals surface area contributed by atoms with Crippen LogP contribution in [0.4, 0.5) is 5.69 Å². The number of aryl methyl sites for hydroxylation is 1. The summed E-state index contributed by atoms with van der Waals surface area (Å²) in [5, 5.41) is 4.27. The van der Waals surface area contributed by atoms with Crippen LogP contribution < -0.4 is 21.5 Å². The predicted molar refractivity (Wildman–Crippen MR) is 154 cm³/mol. The average Bonchev–Trinajstić information content (AvgIpc) is 3.38. The number of rotatable bonds is 6. The standard InChI is InChI=1S/C29H30ClN5O2S/c30-20-12-19-2-1-10-34(21-5-8-31-15-21)27(19)24(13-20)23-6-9-32-25-14-22(38-28(23)25)17-35-26(36)7-11-33(29(35)37)16-18-3-4-18/h6-7,9,11-14,18,21,31H,1-5,8,10,15-17H2/t21-/m0/s1. The van der Waals surface area contributed by atoms with E-state index in [4.69, 9.17) is 11.6 Å². The van der Waals surface area contributed by atoms with Gasteiger partial charge in [-0.15, -0.1) is 11.3 Å². The van der Waals surface area contributed by atoms with Crippen molar-refractivity contribution >= 4 is 38.8 Å². The van der Waals surface area contributed by atoms with Crippen molar-refractivity contribution in [3.8, 4) is 11.1 Å². The first kappa shape index (κ1) is 24.1. The molecule has 1 saturated carbocycles. The lowest BCUT2D eigenvalue weighted by atomic mass is 9.92. The van der Waals surface area contributed by atoms with Gasteiger partial charge in [-0.3, -0.25) is 14.3 Å². The number of thiophene rings is 1. The summed E-state index contributed by atoms with van der Waals surface area (Å²) in [6.07, 6.45) is 9.08. The molecule has 2 fully saturated rings. The van der Waals surface area contributed by atoms with Crippen molar-refractivity contribution in [2.45, 2.75) is 51.2 Å². The largest absolute Gasteiger partial charge is 0.366 e. The highest BCUT2D eigenvalue weighted by molar-refractivity contribution is 7.19. The molecule has 0 bridgehead atoms. The van der Waals surface area contributed by atoms with Crippen molar-refractivity contribution in [1.29, 1.82) is 0 Å². The van der Waals surface area contributed by atoms with E-state index in [9.17, 15) is 9.59 Å². The summed E-state index contributed by atoms with van der Waals surface area (Å²) >= 11 is 8.28.